The molecule has 204 valence electrons. The summed E-state index contributed by atoms with van der Waals surface area (Å²) in [6, 6.07) is 10.4. The Hall–Kier alpha value is -2.83. The van der Waals surface area contributed by atoms with Crippen LogP contribution in [0, 0.1) is 0 Å². The number of halogens is 4. The van der Waals surface area contributed by atoms with Gasteiger partial charge in [-0.25, -0.2) is 0 Å². The number of alkyl halides is 3. The molecule has 0 bridgehead atoms. The van der Waals surface area contributed by atoms with Crippen molar-refractivity contribution in [1.29, 1.82) is 0 Å². The Labute approximate surface area is 230 Å². The average Bonchev–Trinajstić information content (AvgIpc) is 3.46. The van der Waals surface area contributed by atoms with Gasteiger partial charge in [-0.3, -0.25) is 19.1 Å². The molecule has 1 amide bonds. The molecule has 1 unspecified atom stereocenters. The normalized spacial score (nSPS) is 12.3. The predicted molar refractivity (Wildman–Crippen MR) is 141 cm³/mol. The molecule has 13 heteroatoms. The standard InChI is InChI=1S/C25H25ClF3N3O4S2/c1-32-16(11-22(31-32)25(27,28)29)6-4-7-17-9-10-21(38-17)24(36)30-19(12-23(34)35)20(33)14-37-13-15-5-2-3-8-18(15)26/h2-3,5,8-11,19H,4,6-7,12-14H2,1H3,(H,30,36)(H,34,35). The van der Waals surface area contributed by atoms with Gasteiger partial charge in [0.25, 0.3) is 5.91 Å². The molecule has 0 fully saturated rings. The monoisotopic (exact) mass is 587 g/mol. The molecule has 0 aliphatic heterocycles. The maximum Gasteiger partial charge on any atom is 0.435 e. The lowest BCUT2D eigenvalue weighted by molar-refractivity contribution is -0.141. The van der Waals surface area contributed by atoms with Crippen LogP contribution in [0.4, 0.5) is 13.2 Å². The number of carboxylic acids is 1. The van der Waals surface area contributed by atoms with Crippen molar-refractivity contribution in [3.63, 3.8) is 0 Å². The van der Waals surface area contributed by atoms with Crippen LogP contribution in [0.2, 0.25) is 5.02 Å². The molecule has 0 aliphatic carbocycles. The summed E-state index contributed by atoms with van der Waals surface area (Å²) in [6.07, 6.45) is -3.60. The van der Waals surface area contributed by atoms with Gasteiger partial charge in [-0.1, -0.05) is 29.8 Å². The van der Waals surface area contributed by atoms with E-state index < -0.39 is 42.0 Å². The van der Waals surface area contributed by atoms with Crippen LogP contribution in [0.25, 0.3) is 0 Å². The van der Waals surface area contributed by atoms with Crippen molar-refractivity contribution in [2.75, 3.05) is 5.75 Å². The molecule has 0 radical (unpaired) electrons. The number of hydrogen-bond acceptors (Lipinski definition) is 6. The van der Waals surface area contributed by atoms with E-state index in [4.69, 9.17) is 11.6 Å². The van der Waals surface area contributed by atoms with Crippen molar-refractivity contribution in [2.45, 2.75) is 43.7 Å². The quantitative estimate of drug-likeness (QED) is 0.277. The highest BCUT2D eigenvalue weighted by molar-refractivity contribution is 7.99. The number of carboxylic acid groups (broad SMARTS) is 1. The smallest absolute Gasteiger partial charge is 0.435 e. The molecule has 3 aromatic rings. The number of thioether (sulfide) groups is 1. The van der Waals surface area contributed by atoms with E-state index in [-0.39, 0.29) is 5.75 Å². The number of hydrogen-bond donors (Lipinski definition) is 2. The summed E-state index contributed by atoms with van der Waals surface area (Å²) in [5.41, 5.74) is 0.369. The van der Waals surface area contributed by atoms with Gasteiger partial charge in [0.15, 0.2) is 11.5 Å². The molecule has 0 spiro atoms. The molecule has 7 nitrogen and oxygen atoms in total. The van der Waals surface area contributed by atoms with E-state index in [1.54, 1.807) is 24.3 Å². The lowest BCUT2D eigenvalue weighted by atomic mass is 10.1. The topological polar surface area (TPSA) is 101 Å². The Bertz CT molecular complexity index is 1290. The zero-order chi connectivity index (χ0) is 27.9. The van der Waals surface area contributed by atoms with Crippen molar-refractivity contribution >= 4 is 52.4 Å². The lowest BCUT2D eigenvalue weighted by Gasteiger charge is -2.15. The third-order valence-electron chi connectivity index (χ3n) is 5.54. The number of nitrogens with one attached hydrogen (secondary N) is 1. The van der Waals surface area contributed by atoms with Gasteiger partial charge in [-0.05, 0) is 49.1 Å². The van der Waals surface area contributed by atoms with Crippen molar-refractivity contribution in [3.8, 4) is 0 Å². The Balaban J connectivity index is 1.52. The Kier molecular flexibility index (Phi) is 10.4. The first-order chi connectivity index (χ1) is 17.9. The molecular weight excluding hydrogens is 563 g/mol. The first kappa shape index (κ1) is 29.7. The molecule has 1 atom stereocenters. The molecule has 3 rings (SSSR count). The number of nitrogens with zero attached hydrogens (tertiary/aromatic N) is 2. The van der Waals surface area contributed by atoms with Gasteiger partial charge < -0.3 is 10.4 Å². The first-order valence-electron chi connectivity index (χ1n) is 11.5. The summed E-state index contributed by atoms with van der Waals surface area (Å²) in [4.78, 5) is 37.9. The maximum absolute atomic E-state index is 12.8. The van der Waals surface area contributed by atoms with E-state index in [9.17, 15) is 32.7 Å². The SMILES string of the molecule is Cn1nc(C(F)(F)F)cc1CCCc1ccc(C(=O)NC(CC(=O)O)C(=O)CSCc2ccccc2Cl)s1. The van der Waals surface area contributed by atoms with Crippen LogP contribution in [0.15, 0.2) is 42.5 Å². The fourth-order valence-electron chi connectivity index (χ4n) is 3.58. The zero-order valence-corrected chi connectivity index (χ0v) is 22.6. The lowest BCUT2D eigenvalue weighted by Crippen LogP contribution is -2.43. The molecule has 0 saturated heterocycles. The van der Waals surface area contributed by atoms with Crippen molar-refractivity contribution in [1.82, 2.24) is 15.1 Å². The number of benzene rings is 1. The van der Waals surface area contributed by atoms with Gasteiger partial charge in [-0.15, -0.1) is 23.1 Å². The number of carbonyl (C=O) groups is 3. The Morgan fingerprint density at radius 2 is 1.92 bits per heavy atom. The van der Waals surface area contributed by atoms with E-state index in [2.05, 4.69) is 10.4 Å². The second-order valence-electron chi connectivity index (χ2n) is 8.44. The third kappa shape index (κ3) is 8.60. The molecule has 2 aromatic heterocycles. The minimum Gasteiger partial charge on any atom is -0.481 e. The number of aliphatic carboxylic acids is 1. The van der Waals surface area contributed by atoms with Gasteiger partial charge in [0.1, 0.15) is 0 Å². The number of amides is 1. The number of carbonyl (C=O) groups excluding carboxylic acids is 2. The number of thiophene rings is 1. The summed E-state index contributed by atoms with van der Waals surface area (Å²) in [7, 11) is 1.46. The highest BCUT2D eigenvalue weighted by Crippen LogP contribution is 2.29. The summed E-state index contributed by atoms with van der Waals surface area (Å²) < 4.78 is 39.7. The summed E-state index contributed by atoms with van der Waals surface area (Å²) in [5.74, 6) is -1.72. The fraction of sp³-hybridized carbons (Fsp3) is 0.360. The predicted octanol–water partition coefficient (Wildman–Crippen LogP) is 5.40. The summed E-state index contributed by atoms with van der Waals surface area (Å²) in [6.45, 7) is 0. The summed E-state index contributed by atoms with van der Waals surface area (Å²) in [5, 5.41) is 15.8. The van der Waals surface area contributed by atoms with Gasteiger partial charge in [0.2, 0.25) is 0 Å². The Morgan fingerprint density at radius 3 is 2.58 bits per heavy atom. The van der Waals surface area contributed by atoms with Crippen LogP contribution < -0.4 is 5.32 Å². The van der Waals surface area contributed by atoms with Gasteiger partial charge in [0, 0.05) is 28.4 Å². The second-order valence-corrected chi connectivity index (χ2v) is 11.0. The minimum atomic E-state index is -4.50. The van der Waals surface area contributed by atoms with E-state index in [1.807, 2.05) is 12.1 Å². The number of Topliss-reactive ketones (excluding diaryl/α,β-unsaturated/α-hetero) is 1. The molecule has 0 aliphatic rings. The van der Waals surface area contributed by atoms with Crippen molar-refractivity contribution < 1.29 is 32.7 Å². The molecule has 2 N–H and O–H groups in total. The molecule has 1 aromatic carbocycles. The van der Waals surface area contributed by atoms with E-state index in [1.165, 1.54) is 34.8 Å². The van der Waals surface area contributed by atoms with Gasteiger partial charge >= 0.3 is 12.1 Å². The number of ketones is 1. The van der Waals surface area contributed by atoms with Crippen LogP contribution in [0.5, 0.6) is 0 Å². The van der Waals surface area contributed by atoms with E-state index >= 15 is 0 Å². The van der Waals surface area contributed by atoms with Crippen molar-refractivity contribution in [3.05, 3.63) is 74.2 Å². The molecular formula is C25H25ClF3N3O4S2. The van der Waals surface area contributed by atoms with Crippen molar-refractivity contribution in [2.24, 2.45) is 7.05 Å². The van der Waals surface area contributed by atoms with Crippen LogP contribution in [0.3, 0.4) is 0 Å². The molecule has 2 heterocycles. The Morgan fingerprint density at radius 1 is 1.18 bits per heavy atom. The third-order valence-corrected chi connectivity index (χ3v) is 8.06. The minimum absolute atomic E-state index is 0.00318. The van der Waals surface area contributed by atoms with Crippen LogP contribution >= 0.6 is 34.7 Å². The highest BCUT2D eigenvalue weighted by Gasteiger charge is 2.34. The number of aryl methyl sites for hydroxylation is 3. The maximum atomic E-state index is 12.8. The largest absolute Gasteiger partial charge is 0.481 e. The molecule has 38 heavy (non-hydrogen) atoms. The molecule has 0 saturated carbocycles. The van der Waals surface area contributed by atoms with Gasteiger partial charge in [0.05, 0.1) is 23.1 Å². The zero-order valence-electron chi connectivity index (χ0n) is 20.3. The number of rotatable bonds is 13. The number of aromatic nitrogens is 2. The van der Waals surface area contributed by atoms with Crippen LogP contribution in [-0.4, -0.2) is 44.3 Å². The first-order valence-corrected chi connectivity index (χ1v) is 13.8. The van der Waals surface area contributed by atoms with Gasteiger partial charge in [-0.2, -0.15) is 18.3 Å². The summed E-state index contributed by atoms with van der Waals surface area (Å²) >= 11 is 8.58. The highest BCUT2D eigenvalue weighted by atomic mass is 35.5. The van der Waals surface area contributed by atoms with E-state index in [0.717, 1.165) is 16.5 Å². The van der Waals surface area contributed by atoms with Crippen LogP contribution in [-0.2, 0) is 41.4 Å². The van der Waals surface area contributed by atoms with E-state index in [0.29, 0.717) is 40.6 Å². The second kappa shape index (κ2) is 13.3. The fourth-order valence-corrected chi connectivity index (χ4v) is 5.79. The van der Waals surface area contributed by atoms with Crippen LogP contribution in [0.1, 0.15) is 44.3 Å². The average molecular weight is 588 g/mol.